The fraction of sp³-hybridized carbons (Fsp3) is 0.476. The first-order valence-electron chi connectivity index (χ1n) is 9.54. The van der Waals surface area contributed by atoms with Crippen molar-refractivity contribution in [1.29, 1.82) is 0 Å². The van der Waals surface area contributed by atoms with Gasteiger partial charge in [0.25, 0.3) is 0 Å². The van der Waals surface area contributed by atoms with Crippen molar-refractivity contribution in [1.82, 2.24) is 10.2 Å². The summed E-state index contributed by atoms with van der Waals surface area (Å²) >= 11 is 1.74. The van der Waals surface area contributed by atoms with Crippen molar-refractivity contribution in [3.05, 3.63) is 52.5 Å². The van der Waals surface area contributed by atoms with Crippen molar-refractivity contribution >= 4 is 22.9 Å². The first-order chi connectivity index (χ1) is 13.0. The second kappa shape index (κ2) is 8.85. The Hall–Kier alpha value is -1.92. The van der Waals surface area contributed by atoms with Gasteiger partial charge in [-0.2, -0.15) is 0 Å². The third-order valence-corrected chi connectivity index (χ3v) is 6.04. The summed E-state index contributed by atoms with van der Waals surface area (Å²) in [7, 11) is 0. The van der Waals surface area contributed by atoms with Gasteiger partial charge >= 0.3 is 0 Å². The van der Waals surface area contributed by atoms with Gasteiger partial charge in [-0.05, 0) is 42.6 Å². The van der Waals surface area contributed by atoms with Crippen LogP contribution in [0, 0.1) is 11.7 Å². The minimum atomic E-state index is -0.204. The lowest BCUT2D eigenvalue weighted by Gasteiger charge is -2.42. The van der Waals surface area contributed by atoms with Crippen LogP contribution in [0.2, 0.25) is 0 Å². The Morgan fingerprint density at radius 2 is 1.74 bits per heavy atom. The van der Waals surface area contributed by atoms with Gasteiger partial charge in [0.1, 0.15) is 5.82 Å². The third kappa shape index (κ3) is 4.87. The maximum Gasteiger partial charge on any atom is 0.222 e. The largest absolute Gasteiger partial charge is 0.369 e. The standard InChI is InChI=1S/C21H28FN3OS/c1-15(2)21(26)23-16(3)20(19-5-4-14-27-19)25-12-10-24(11-13-25)18-8-6-17(22)7-9-18/h4-9,14-16,20H,10-13H2,1-3H3,(H,23,26)/t16-,20+/m1/s1. The zero-order valence-electron chi connectivity index (χ0n) is 16.2. The van der Waals surface area contributed by atoms with Crippen LogP contribution in [0.1, 0.15) is 31.7 Å². The number of amides is 1. The zero-order chi connectivity index (χ0) is 19.4. The van der Waals surface area contributed by atoms with Crippen LogP contribution in [0.25, 0.3) is 0 Å². The van der Waals surface area contributed by atoms with Crippen molar-refractivity contribution in [2.75, 3.05) is 31.1 Å². The molecule has 2 aromatic rings. The van der Waals surface area contributed by atoms with Gasteiger partial charge in [-0.1, -0.05) is 19.9 Å². The Morgan fingerprint density at radius 1 is 1.07 bits per heavy atom. The van der Waals surface area contributed by atoms with Crippen LogP contribution in [-0.2, 0) is 4.79 Å². The first-order valence-corrected chi connectivity index (χ1v) is 10.4. The van der Waals surface area contributed by atoms with Crippen molar-refractivity contribution < 1.29 is 9.18 Å². The van der Waals surface area contributed by atoms with E-state index in [1.165, 1.54) is 17.0 Å². The number of anilines is 1. The van der Waals surface area contributed by atoms with Gasteiger partial charge in [0, 0.05) is 48.7 Å². The molecule has 1 amide bonds. The topological polar surface area (TPSA) is 35.6 Å². The molecular formula is C21H28FN3OS. The van der Waals surface area contributed by atoms with Gasteiger partial charge in [-0.15, -0.1) is 11.3 Å². The zero-order valence-corrected chi connectivity index (χ0v) is 17.0. The molecule has 3 rings (SSSR count). The Labute approximate surface area is 165 Å². The molecule has 1 aromatic carbocycles. The van der Waals surface area contributed by atoms with E-state index < -0.39 is 0 Å². The SMILES string of the molecule is CC(C)C(=O)N[C@H](C)[C@@H](c1cccs1)N1CCN(c2ccc(F)cc2)CC1. The molecule has 0 radical (unpaired) electrons. The monoisotopic (exact) mass is 389 g/mol. The summed E-state index contributed by atoms with van der Waals surface area (Å²) in [6.45, 7) is 9.52. The summed E-state index contributed by atoms with van der Waals surface area (Å²) in [5.74, 6) is -0.134. The molecule has 0 aliphatic carbocycles. The molecular weight excluding hydrogens is 361 g/mol. The van der Waals surface area contributed by atoms with Gasteiger partial charge < -0.3 is 10.2 Å². The summed E-state index contributed by atoms with van der Waals surface area (Å²) in [6, 6.07) is 11.1. The molecule has 1 saturated heterocycles. The Balaban J connectivity index is 1.69. The quantitative estimate of drug-likeness (QED) is 0.814. The van der Waals surface area contributed by atoms with Crippen LogP contribution in [-0.4, -0.2) is 43.0 Å². The molecule has 0 bridgehead atoms. The number of carbonyl (C=O) groups excluding carboxylic acids is 1. The highest BCUT2D eigenvalue weighted by atomic mass is 32.1. The van der Waals surface area contributed by atoms with Gasteiger partial charge in [-0.25, -0.2) is 4.39 Å². The minimum Gasteiger partial charge on any atom is -0.369 e. The molecule has 2 atom stereocenters. The first kappa shape index (κ1) is 19.8. The Kier molecular flexibility index (Phi) is 6.50. The van der Waals surface area contributed by atoms with Crippen molar-refractivity contribution in [3.8, 4) is 0 Å². The van der Waals surface area contributed by atoms with E-state index in [0.29, 0.717) is 0 Å². The van der Waals surface area contributed by atoms with Gasteiger partial charge in [0.15, 0.2) is 0 Å². The van der Waals surface area contributed by atoms with E-state index in [4.69, 9.17) is 0 Å². The van der Waals surface area contributed by atoms with Crippen LogP contribution < -0.4 is 10.2 Å². The fourth-order valence-electron chi connectivity index (χ4n) is 3.58. The number of benzene rings is 1. The highest BCUT2D eigenvalue weighted by Gasteiger charge is 2.31. The highest BCUT2D eigenvalue weighted by Crippen LogP contribution is 2.30. The number of rotatable bonds is 6. The van der Waals surface area contributed by atoms with Crippen LogP contribution >= 0.6 is 11.3 Å². The number of nitrogens with one attached hydrogen (secondary N) is 1. The number of piperazine rings is 1. The average Bonchev–Trinajstić information content (AvgIpc) is 3.17. The van der Waals surface area contributed by atoms with E-state index in [1.54, 1.807) is 11.3 Å². The summed E-state index contributed by atoms with van der Waals surface area (Å²) < 4.78 is 13.2. The van der Waals surface area contributed by atoms with E-state index in [2.05, 4.69) is 39.6 Å². The number of nitrogens with zero attached hydrogens (tertiary/aromatic N) is 2. The molecule has 0 saturated carbocycles. The van der Waals surface area contributed by atoms with Crippen LogP contribution in [0.5, 0.6) is 0 Å². The Morgan fingerprint density at radius 3 is 2.30 bits per heavy atom. The van der Waals surface area contributed by atoms with E-state index in [9.17, 15) is 9.18 Å². The Bertz CT molecular complexity index is 724. The second-order valence-corrected chi connectivity index (χ2v) is 8.39. The van der Waals surface area contributed by atoms with Crippen LogP contribution in [0.15, 0.2) is 41.8 Å². The van der Waals surface area contributed by atoms with E-state index in [1.807, 2.05) is 26.0 Å². The van der Waals surface area contributed by atoms with Gasteiger partial charge in [0.05, 0.1) is 6.04 Å². The predicted molar refractivity (Wildman–Crippen MR) is 110 cm³/mol. The molecule has 0 spiro atoms. The van der Waals surface area contributed by atoms with Crippen molar-refractivity contribution in [2.45, 2.75) is 32.9 Å². The van der Waals surface area contributed by atoms with E-state index >= 15 is 0 Å². The normalized spacial score (nSPS) is 17.7. The second-order valence-electron chi connectivity index (χ2n) is 7.41. The molecule has 146 valence electrons. The summed E-state index contributed by atoms with van der Waals surface area (Å²) in [5.41, 5.74) is 1.06. The number of carbonyl (C=O) groups is 1. The molecule has 1 fully saturated rings. The fourth-order valence-corrected chi connectivity index (χ4v) is 4.55. The lowest BCUT2D eigenvalue weighted by molar-refractivity contribution is -0.125. The molecule has 4 nitrogen and oxygen atoms in total. The summed E-state index contributed by atoms with van der Waals surface area (Å²) in [5, 5.41) is 5.28. The minimum absolute atomic E-state index is 0.0215. The molecule has 0 unspecified atom stereocenters. The molecule has 1 N–H and O–H groups in total. The van der Waals surface area contributed by atoms with Gasteiger partial charge in [0.2, 0.25) is 5.91 Å². The van der Waals surface area contributed by atoms with Gasteiger partial charge in [-0.3, -0.25) is 9.69 Å². The molecule has 1 aromatic heterocycles. The highest BCUT2D eigenvalue weighted by molar-refractivity contribution is 7.10. The number of thiophene rings is 1. The molecule has 1 aliphatic rings. The summed E-state index contributed by atoms with van der Waals surface area (Å²) in [6.07, 6.45) is 0. The van der Waals surface area contributed by atoms with Crippen LogP contribution in [0.4, 0.5) is 10.1 Å². The maximum atomic E-state index is 13.2. The third-order valence-electron chi connectivity index (χ3n) is 5.10. The average molecular weight is 390 g/mol. The lowest BCUT2D eigenvalue weighted by Crippen LogP contribution is -2.52. The number of hydrogen-bond acceptors (Lipinski definition) is 4. The lowest BCUT2D eigenvalue weighted by atomic mass is 10.0. The maximum absolute atomic E-state index is 13.2. The van der Waals surface area contributed by atoms with E-state index in [-0.39, 0.29) is 29.7 Å². The number of halogens is 1. The smallest absolute Gasteiger partial charge is 0.222 e. The number of hydrogen-bond donors (Lipinski definition) is 1. The molecule has 2 heterocycles. The predicted octanol–water partition coefficient (Wildman–Crippen LogP) is 3.91. The molecule has 27 heavy (non-hydrogen) atoms. The molecule has 6 heteroatoms. The van der Waals surface area contributed by atoms with E-state index in [0.717, 1.165) is 31.9 Å². The van der Waals surface area contributed by atoms with Crippen LogP contribution in [0.3, 0.4) is 0 Å². The molecule has 1 aliphatic heterocycles. The summed E-state index contributed by atoms with van der Waals surface area (Å²) in [4.78, 5) is 18.2. The van der Waals surface area contributed by atoms with Crippen molar-refractivity contribution in [3.63, 3.8) is 0 Å². The van der Waals surface area contributed by atoms with Crippen molar-refractivity contribution in [2.24, 2.45) is 5.92 Å².